The highest BCUT2D eigenvalue weighted by molar-refractivity contribution is 5.90. The predicted octanol–water partition coefficient (Wildman–Crippen LogP) is 2.60. The molecule has 0 unspecified atom stereocenters. The third kappa shape index (κ3) is 2.22. The summed E-state index contributed by atoms with van der Waals surface area (Å²) in [5.74, 6) is -1.46. The van der Waals surface area contributed by atoms with Gasteiger partial charge >= 0.3 is 5.97 Å². The van der Waals surface area contributed by atoms with Gasteiger partial charge in [-0.15, -0.1) is 0 Å². The van der Waals surface area contributed by atoms with Crippen molar-refractivity contribution in [2.75, 3.05) is 0 Å². The van der Waals surface area contributed by atoms with Gasteiger partial charge in [0.25, 0.3) is 5.56 Å². The maximum absolute atomic E-state index is 13.3. The molecule has 0 aliphatic carbocycles. The molecule has 5 heteroatoms. The topological polar surface area (TPSA) is 59.3 Å². The number of benzene rings is 1. The van der Waals surface area contributed by atoms with Gasteiger partial charge in [0.05, 0.1) is 5.56 Å². The lowest BCUT2D eigenvalue weighted by Gasteiger charge is -2.14. The lowest BCUT2D eigenvalue weighted by Crippen LogP contribution is -2.24. The lowest BCUT2D eigenvalue weighted by molar-refractivity contribution is 0.0694. The van der Waals surface area contributed by atoms with E-state index in [-0.39, 0.29) is 16.9 Å². The molecule has 0 radical (unpaired) electrons. The normalized spacial score (nSPS) is 10.6. The summed E-state index contributed by atoms with van der Waals surface area (Å²) in [6.07, 6.45) is 0. The van der Waals surface area contributed by atoms with Gasteiger partial charge in [0, 0.05) is 17.4 Å². The van der Waals surface area contributed by atoms with Gasteiger partial charge < -0.3 is 5.11 Å². The van der Waals surface area contributed by atoms with Gasteiger partial charge in [-0.05, 0) is 50.1 Å². The molecule has 1 aromatic heterocycles. The van der Waals surface area contributed by atoms with Gasteiger partial charge in [0.1, 0.15) is 5.82 Å². The van der Waals surface area contributed by atoms with Crippen LogP contribution in [-0.2, 0) is 0 Å². The smallest absolute Gasteiger partial charge is 0.337 e. The third-order valence-electron chi connectivity index (χ3n) is 3.27. The Morgan fingerprint density at radius 3 is 2.35 bits per heavy atom. The van der Waals surface area contributed by atoms with Crippen LogP contribution in [0.2, 0.25) is 0 Å². The first-order chi connectivity index (χ1) is 9.32. The minimum Gasteiger partial charge on any atom is -0.478 e. The number of aryl methyl sites for hydroxylation is 2. The maximum atomic E-state index is 13.3. The van der Waals surface area contributed by atoms with E-state index in [0.717, 1.165) is 0 Å². The first-order valence-electron chi connectivity index (χ1n) is 6.06. The number of halogens is 1. The fourth-order valence-electron chi connectivity index (χ4n) is 2.30. The molecule has 0 saturated heterocycles. The molecule has 0 atom stereocenters. The molecule has 1 N–H and O–H groups in total. The molecule has 0 fully saturated rings. The Kier molecular flexibility index (Phi) is 3.44. The fraction of sp³-hybridized carbons (Fsp3) is 0.200. The number of rotatable bonds is 2. The molecule has 0 aliphatic rings. The number of nitrogens with zero attached hydrogens (tertiary/aromatic N) is 1. The molecule has 2 rings (SSSR count). The van der Waals surface area contributed by atoms with Crippen molar-refractivity contribution < 1.29 is 14.3 Å². The Hall–Kier alpha value is -2.43. The van der Waals surface area contributed by atoms with Crippen LogP contribution in [0.25, 0.3) is 5.69 Å². The number of aromatic carboxylic acids is 1. The van der Waals surface area contributed by atoms with Crippen LogP contribution in [0.4, 0.5) is 4.39 Å². The standard InChI is InChI=1S/C15H14FNO3/c1-8-6-11(4-5-12(8)16)17-10(3)14(15(19)20)9(2)7-13(17)18/h4-7H,1-3H3,(H,19,20). The van der Waals surface area contributed by atoms with Gasteiger partial charge in [-0.25, -0.2) is 9.18 Å². The second-order valence-corrected chi connectivity index (χ2v) is 4.70. The molecule has 2 aromatic rings. The first kappa shape index (κ1) is 14.0. The third-order valence-corrected chi connectivity index (χ3v) is 3.27. The largest absolute Gasteiger partial charge is 0.478 e. The summed E-state index contributed by atoms with van der Waals surface area (Å²) in [5.41, 5.74) is 1.34. The quantitative estimate of drug-likeness (QED) is 0.916. The molecule has 104 valence electrons. The predicted molar refractivity (Wildman–Crippen MR) is 73.2 cm³/mol. The lowest BCUT2D eigenvalue weighted by atomic mass is 10.1. The van der Waals surface area contributed by atoms with Crippen molar-refractivity contribution >= 4 is 5.97 Å². The number of carbonyl (C=O) groups is 1. The molecule has 0 saturated carbocycles. The van der Waals surface area contributed by atoms with Crippen molar-refractivity contribution in [2.45, 2.75) is 20.8 Å². The van der Waals surface area contributed by atoms with E-state index in [9.17, 15) is 19.1 Å². The van der Waals surface area contributed by atoms with Gasteiger partial charge in [-0.2, -0.15) is 0 Å². The molecule has 20 heavy (non-hydrogen) atoms. The molecule has 1 aromatic carbocycles. The van der Waals surface area contributed by atoms with Crippen LogP contribution in [0.5, 0.6) is 0 Å². The number of carboxylic acid groups (broad SMARTS) is 1. The van der Waals surface area contributed by atoms with Crippen LogP contribution in [0.3, 0.4) is 0 Å². The minimum atomic E-state index is -1.09. The summed E-state index contributed by atoms with van der Waals surface area (Å²) < 4.78 is 14.6. The number of hydrogen-bond acceptors (Lipinski definition) is 2. The Labute approximate surface area is 115 Å². The Balaban J connectivity index is 2.80. The van der Waals surface area contributed by atoms with Gasteiger partial charge in [-0.3, -0.25) is 9.36 Å². The molecular formula is C15H14FNO3. The molecule has 0 aliphatic heterocycles. The van der Waals surface area contributed by atoms with Crippen LogP contribution >= 0.6 is 0 Å². The van der Waals surface area contributed by atoms with Crippen LogP contribution in [0.15, 0.2) is 29.1 Å². The van der Waals surface area contributed by atoms with E-state index >= 15 is 0 Å². The van der Waals surface area contributed by atoms with E-state index in [0.29, 0.717) is 22.5 Å². The van der Waals surface area contributed by atoms with Crippen LogP contribution < -0.4 is 5.56 Å². The Bertz CT molecular complexity index is 762. The van der Waals surface area contributed by atoms with E-state index in [2.05, 4.69) is 0 Å². The average molecular weight is 275 g/mol. The maximum Gasteiger partial charge on any atom is 0.337 e. The zero-order valence-corrected chi connectivity index (χ0v) is 11.4. The zero-order chi connectivity index (χ0) is 15.0. The second kappa shape index (κ2) is 4.92. The molecule has 1 heterocycles. The first-order valence-corrected chi connectivity index (χ1v) is 6.06. The average Bonchev–Trinajstić information content (AvgIpc) is 2.32. The van der Waals surface area contributed by atoms with Crippen LogP contribution in [0, 0.1) is 26.6 Å². The SMILES string of the molecule is Cc1cc(-n2c(C)c(C(=O)O)c(C)cc2=O)ccc1F. The Morgan fingerprint density at radius 2 is 1.80 bits per heavy atom. The summed E-state index contributed by atoms with van der Waals surface area (Å²) in [5, 5.41) is 9.23. The molecular weight excluding hydrogens is 261 g/mol. The summed E-state index contributed by atoms with van der Waals surface area (Å²) >= 11 is 0. The minimum absolute atomic E-state index is 0.0894. The molecule has 0 amide bonds. The van der Waals surface area contributed by atoms with E-state index in [1.54, 1.807) is 20.8 Å². The van der Waals surface area contributed by atoms with Crippen molar-refractivity contribution in [1.82, 2.24) is 4.57 Å². The Morgan fingerprint density at radius 1 is 1.15 bits per heavy atom. The van der Waals surface area contributed by atoms with Crippen molar-refractivity contribution in [2.24, 2.45) is 0 Å². The summed E-state index contributed by atoms with van der Waals surface area (Å²) in [4.78, 5) is 23.4. The summed E-state index contributed by atoms with van der Waals surface area (Å²) in [6, 6.07) is 5.51. The number of hydrogen-bond donors (Lipinski definition) is 1. The summed E-state index contributed by atoms with van der Waals surface area (Å²) in [6.45, 7) is 4.74. The monoisotopic (exact) mass is 275 g/mol. The zero-order valence-electron chi connectivity index (χ0n) is 11.4. The highest BCUT2D eigenvalue weighted by Crippen LogP contribution is 2.17. The van der Waals surface area contributed by atoms with E-state index < -0.39 is 5.97 Å². The van der Waals surface area contributed by atoms with Gasteiger partial charge in [0.15, 0.2) is 0 Å². The van der Waals surface area contributed by atoms with Crippen molar-refractivity contribution in [3.8, 4) is 5.69 Å². The number of carboxylic acids is 1. The van der Waals surface area contributed by atoms with Crippen LogP contribution in [-0.4, -0.2) is 15.6 Å². The second-order valence-electron chi connectivity index (χ2n) is 4.70. The fourth-order valence-corrected chi connectivity index (χ4v) is 2.30. The number of pyridine rings is 1. The van der Waals surface area contributed by atoms with E-state index in [1.807, 2.05) is 0 Å². The van der Waals surface area contributed by atoms with E-state index in [1.165, 1.54) is 28.8 Å². The van der Waals surface area contributed by atoms with Crippen molar-refractivity contribution in [1.29, 1.82) is 0 Å². The van der Waals surface area contributed by atoms with Crippen molar-refractivity contribution in [3.05, 3.63) is 62.8 Å². The molecule has 0 bridgehead atoms. The van der Waals surface area contributed by atoms with Crippen LogP contribution in [0.1, 0.15) is 27.2 Å². The molecule has 4 nitrogen and oxygen atoms in total. The summed E-state index contributed by atoms with van der Waals surface area (Å²) in [7, 11) is 0. The highest BCUT2D eigenvalue weighted by atomic mass is 19.1. The number of aromatic nitrogens is 1. The van der Waals surface area contributed by atoms with Gasteiger partial charge in [0.2, 0.25) is 0 Å². The van der Waals surface area contributed by atoms with Crippen molar-refractivity contribution in [3.63, 3.8) is 0 Å². The molecule has 0 spiro atoms. The highest BCUT2D eigenvalue weighted by Gasteiger charge is 2.17. The van der Waals surface area contributed by atoms with Gasteiger partial charge in [-0.1, -0.05) is 0 Å². The van der Waals surface area contributed by atoms with E-state index in [4.69, 9.17) is 0 Å².